The summed E-state index contributed by atoms with van der Waals surface area (Å²) in [5, 5.41) is 1.09. The van der Waals surface area contributed by atoms with Crippen molar-refractivity contribution >= 4 is 22.7 Å². The van der Waals surface area contributed by atoms with E-state index < -0.39 is 0 Å². The van der Waals surface area contributed by atoms with E-state index in [0.29, 0.717) is 12.0 Å². The maximum atomic E-state index is 12.8. The van der Waals surface area contributed by atoms with E-state index in [1.165, 1.54) is 24.3 Å². The molecular formula is C19H18FN3O2. The number of nitrogens with one attached hydrogen (secondary N) is 3. The molecule has 3 aromatic rings. The summed E-state index contributed by atoms with van der Waals surface area (Å²) in [7, 11) is 0. The average molecular weight is 339 g/mol. The molecule has 0 aliphatic rings. The number of hydrazine groups is 1. The van der Waals surface area contributed by atoms with Crippen molar-refractivity contribution in [1.29, 1.82) is 0 Å². The molecule has 25 heavy (non-hydrogen) atoms. The first-order chi connectivity index (χ1) is 12.1. The van der Waals surface area contributed by atoms with Gasteiger partial charge in [-0.25, -0.2) is 4.39 Å². The molecule has 5 nitrogen and oxygen atoms in total. The summed E-state index contributed by atoms with van der Waals surface area (Å²) < 4.78 is 12.8. The summed E-state index contributed by atoms with van der Waals surface area (Å²) in [6.45, 7) is 0. The summed E-state index contributed by atoms with van der Waals surface area (Å²) in [4.78, 5) is 26.8. The Morgan fingerprint density at radius 2 is 1.68 bits per heavy atom. The third-order valence-corrected chi connectivity index (χ3v) is 3.92. The molecule has 0 atom stereocenters. The normalized spacial score (nSPS) is 10.6. The molecule has 1 heterocycles. The fourth-order valence-electron chi connectivity index (χ4n) is 2.62. The number of para-hydroxylation sites is 1. The molecule has 2 amide bonds. The molecule has 3 rings (SSSR count). The van der Waals surface area contributed by atoms with E-state index in [9.17, 15) is 14.0 Å². The van der Waals surface area contributed by atoms with Crippen molar-refractivity contribution in [1.82, 2.24) is 15.8 Å². The molecule has 0 spiro atoms. The third-order valence-electron chi connectivity index (χ3n) is 3.92. The van der Waals surface area contributed by atoms with Crippen molar-refractivity contribution in [2.24, 2.45) is 0 Å². The highest BCUT2D eigenvalue weighted by molar-refractivity contribution is 5.85. The van der Waals surface area contributed by atoms with Crippen LogP contribution in [0.5, 0.6) is 0 Å². The Balaban J connectivity index is 1.44. The van der Waals surface area contributed by atoms with Crippen LogP contribution in [0, 0.1) is 5.82 Å². The number of aryl methyl sites for hydroxylation is 1. The zero-order valence-corrected chi connectivity index (χ0v) is 13.5. The van der Waals surface area contributed by atoms with Gasteiger partial charge in [0.2, 0.25) is 11.8 Å². The van der Waals surface area contributed by atoms with Crippen molar-refractivity contribution in [3.63, 3.8) is 0 Å². The summed E-state index contributed by atoms with van der Waals surface area (Å²) in [5.41, 5.74) is 7.54. The molecule has 2 aromatic carbocycles. The van der Waals surface area contributed by atoms with Crippen LogP contribution in [-0.4, -0.2) is 16.8 Å². The van der Waals surface area contributed by atoms with E-state index >= 15 is 0 Å². The number of halogens is 1. The van der Waals surface area contributed by atoms with Gasteiger partial charge in [-0.1, -0.05) is 30.3 Å². The number of H-pyrrole nitrogens is 1. The standard InChI is InChI=1S/C19H18FN3O2/c20-15-8-5-13(6-9-15)11-19(25)23-22-18(24)10-7-14-12-21-17-4-2-1-3-16(14)17/h1-6,8-9,12,21H,7,10-11H2,(H,22,24)(H,23,25). The van der Waals surface area contributed by atoms with Crippen molar-refractivity contribution < 1.29 is 14.0 Å². The van der Waals surface area contributed by atoms with Crippen LogP contribution in [0.2, 0.25) is 0 Å². The first-order valence-electron chi connectivity index (χ1n) is 7.99. The average Bonchev–Trinajstić information content (AvgIpc) is 3.03. The van der Waals surface area contributed by atoms with E-state index in [0.717, 1.165) is 16.5 Å². The number of amides is 2. The van der Waals surface area contributed by atoms with Crippen LogP contribution < -0.4 is 10.9 Å². The highest BCUT2D eigenvalue weighted by Crippen LogP contribution is 2.18. The minimum atomic E-state index is -0.355. The quantitative estimate of drug-likeness (QED) is 0.625. The summed E-state index contributed by atoms with van der Waals surface area (Å²) >= 11 is 0. The number of rotatable bonds is 5. The van der Waals surface area contributed by atoms with Crippen LogP contribution in [0.1, 0.15) is 17.5 Å². The van der Waals surface area contributed by atoms with Gasteiger partial charge in [0.05, 0.1) is 6.42 Å². The maximum Gasteiger partial charge on any atom is 0.242 e. The maximum absolute atomic E-state index is 12.8. The number of aromatic amines is 1. The van der Waals surface area contributed by atoms with Crippen LogP contribution in [0.3, 0.4) is 0 Å². The highest BCUT2D eigenvalue weighted by Gasteiger charge is 2.08. The molecule has 1 aromatic heterocycles. The Morgan fingerprint density at radius 1 is 0.960 bits per heavy atom. The fourth-order valence-corrected chi connectivity index (χ4v) is 2.62. The Hall–Kier alpha value is -3.15. The van der Waals surface area contributed by atoms with Gasteiger partial charge in [-0.2, -0.15) is 0 Å². The van der Waals surface area contributed by atoms with E-state index in [2.05, 4.69) is 15.8 Å². The molecule has 3 N–H and O–H groups in total. The lowest BCUT2D eigenvalue weighted by atomic mass is 10.1. The molecule has 0 fully saturated rings. The van der Waals surface area contributed by atoms with Gasteiger partial charge in [-0.05, 0) is 35.7 Å². The first-order valence-corrected chi connectivity index (χ1v) is 7.99. The van der Waals surface area contributed by atoms with Crippen molar-refractivity contribution in [3.05, 3.63) is 71.7 Å². The van der Waals surface area contributed by atoms with Crippen LogP contribution in [-0.2, 0) is 22.4 Å². The van der Waals surface area contributed by atoms with Gasteiger partial charge < -0.3 is 4.98 Å². The second kappa shape index (κ2) is 7.61. The van der Waals surface area contributed by atoms with Gasteiger partial charge in [0.15, 0.2) is 0 Å². The van der Waals surface area contributed by atoms with Gasteiger partial charge in [-0.3, -0.25) is 20.4 Å². The van der Waals surface area contributed by atoms with Crippen LogP contribution in [0.15, 0.2) is 54.7 Å². The highest BCUT2D eigenvalue weighted by atomic mass is 19.1. The molecule has 0 aliphatic heterocycles. The number of carbonyl (C=O) groups excluding carboxylic acids is 2. The number of carbonyl (C=O) groups is 2. The molecule has 0 saturated carbocycles. The largest absolute Gasteiger partial charge is 0.361 e. The summed E-state index contributed by atoms with van der Waals surface area (Å²) in [5.74, 6) is -0.973. The second-order valence-electron chi connectivity index (χ2n) is 5.76. The van der Waals surface area contributed by atoms with Gasteiger partial charge in [0.25, 0.3) is 0 Å². The fraction of sp³-hybridized carbons (Fsp3) is 0.158. The van der Waals surface area contributed by atoms with E-state index in [1.54, 1.807) is 0 Å². The second-order valence-corrected chi connectivity index (χ2v) is 5.76. The number of hydrogen-bond donors (Lipinski definition) is 3. The minimum absolute atomic E-state index is 0.0724. The number of hydrogen-bond acceptors (Lipinski definition) is 2. The Kier molecular flexibility index (Phi) is 5.09. The number of aromatic nitrogens is 1. The van der Waals surface area contributed by atoms with Gasteiger partial charge in [0, 0.05) is 23.5 Å². The predicted octanol–water partition coefficient (Wildman–Crippen LogP) is 2.63. The topological polar surface area (TPSA) is 74.0 Å². The molecular weight excluding hydrogens is 321 g/mol. The van der Waals surface area contributed by atoms with E-state index in [4.69, 9.17) is 0 Å². The van der Waals surface area contributed by atoms with Gasteiger partial charge >= 0.3 is 0 Å². The van der Waals surface area contributed by atoms with Crippen molar-refractivity contribution in [2.45, 2.75) is 19.3 Å². The zero-order chi connectivity index (χ0) is 17.6. The molecule has 0 saturated heterocycles. The number of fused-ring (bicyclic) bond motifs is 1. The van der Waals surface area contributed by atoms with E-state index in [1.807, 2.05) is 30.5 Å². The van der Waals surface area contributed by atoms with Crippen LogP contribution in [0.4, 0.5) is 4.39 Å². The van der Waals surface area contributed by atoms with Crippen LogP contribution >= 0.6 is 0 Å². The Labute approximate surface area is 144 Å². The molecule has 0 aliphatic carbocycles. The monoisotopic (exact) mass is 339 g/mol. The van der Waals surface area contributed by atoms with Crippen molar-refractivity contribution in [2.75, 3.05) is 0 Å². The molecule has 0 radical (unpaired) electrons. The van der Waals surface area contributed by atoms with Gasteiger partial charge in [0.1, 0.15) is 5.82 Å². The van der Waals surface area contributed by atoms with Gasteiger partial charge in [-0.15, -0.1) is 0 Å². The Bertz CT molecular complexity index is 887. The lowest BCUT2D eigenvalue weighted by Gasteiger charge is -2.07. The van der Waals surface area contributed by atoms with E-state index in [-0.39, 0.29) is 30.5 Å². The third kappa shape index (κ3) is 4.44. The number of benzene rings is 2. The Morgan fingerprint density at radius 3 is 2.48 bits per heavy atom. The smallest absolute Gasteiger partial charge is 0.242 e. The summed E-state index contributed by atoms with van der Waals surface area (Å²) in [6.07, 6.45) is 2.80. The first kappa shape index (κ1) is 16.7. The van der Waals surface area contributed by atoms with Crippen LogP contribution in [0.25, 0.3) is 10.9 Å². The summed E-state index contributed by atoms with van der Waals surface area (Å²) in [6, 6.07) is 13.5. The minimum Gasteiger partial charge on any atom is -0.361 e. The zero-order valence-electron chi connectivity index (χ0n) is 13.5. The molecule has 6 heteroatoms. The molecule has 128 valence electrons. The predicted molar refractivity (Wildman–Crippen MR) is 93.0 cm³/mol. The lowest BCUT2D eigenvalue weighted by Crippen LogP contribution is -2.42. The SMILES string of the molecule is O=C(CCc1c[nH]c2ccccc12)NNC(=O)Cc1ccc(F)cc1. The lowest BCUT2D eigenvalue weighted by molar-refractivity contribution is -0.128. The van der Waals surface area contributed by atoms with Crippen molar-refractivity contribution in [3.8, 4) is 0 Å². The molecule has 0 bridgehead atoms. The molecule has 0 unspecified atom stereocenters.